The van der Waals surface area contributed by atoms with Crippen LogP contribution in [0.3, 0.4) is 0 Å². The van der Waals surface area contributed by atoms with Crippen LogP contribution in [0.25, 0.3) is 0 Å². The summed E-state index contributed by atoms with van der Waals surface area (Å²) < 4.78 is 19.0. The highest BCUT2D eigenvalue weighted by atomic mass is 16.6. The molecule has 1 aromatic heterocycles. The van der Waals surface area contributed by atoms with E-state index in [1.807, 2.05) is 18.2 Å². The fourth-order valence-corrected chi connectivity index (χ4v) is 3.53. The number of benzene rings is 1. The Morgan fingerprint density at radius 2 is 2.15 bits per heavy atom. The van der Waals surface area contributed by atoms with Crippen LogP contribution >= 0.6 is 0 Å². The minimum Gasteiger partial charge on any atom is -0.485 e. The van der Waals surface area contributed by atoms with Crippen molar-refractivity contribution in [3.63, 3.8) is 0 Å². The van der Waals surface area contributed by atoms with Crippen molar-refractivity contribution in [1.29, 1.82) is 0 Å². The van der Waals surface area contributed by atoms with Gasteiger partial charge in [-0.25, -0.2) is 0 Å². The van der Waals surface area contributed by atoms with Crippen molar-refractivity contribution in [2.24, 2.45) is 0 Å². The van der Waals surface area contributed by atoms with E-state index in [2.05, 4.69) is 23.8 Å². The van der Waals surface area contributed by atoms with E-state index in [0.717, 1.165) is 18.7 Å². The molecular weight excluding hydrogens is 346 g/mol. The number of rotatable bonds is 5. The molecule has 27 heavy (non-hydrogen) atoms. The molecule has 0 aliphatic carbocycles. The average Bonchev–Trinajstić information content (AvgIpc) is 3.07. The van der Waals surface area contributed by atoms with E-state index in [1.54, 1.807) is 6.07 Å². The van der Waals surface area contributed by atoms with E-state index in [4.69, 9.17) is 19.3 Å². The number of aromatic nitrogens is 2. The third kappa shape index (κ3) is 3.64. The lowest BCUT2D eigenvalue weighted by Gasteiger charge is -2.25. The van der Waals surface area contributed by atoms with Crippen LogP contribution in [0.15, 0.2) is 24.3 Å². The second-order valence-electron chi connectivity index (χ2n) is 7.12. The zero-order valence-electron chi connectivity index (χ0n) is 15.7. The molecule has 0 radical (unpaired) electrons. The number of hydrogen-bond acceptors (Lipinski definition) is 5. The van der Waals surface area contributed by atoms with Crippen LogP contribution < -0.4 is 14.8 Å². The molecule has 3 heterocycles. The molecule has 1 N–H and O–H groups in total. The number of fused-ring (bicyclic) bond motifs is 2. The molecule has 2 aromatic rings. The molecule has 0 saturated carbocycles. The minimum absolute atomic E-state index is 0.169. The van der Waals surface area contributed by atoms with E-state index in [-0.39, 0.29) is 12.5 Å². The molecular formula is C20H25N3O4. The Kier molecular flexibility index (Phi) is 5.03. The van der Waals surface area contributed by atoms with Crippen LogP contribution in [-0.2, 0) is 29.0 Å². The summed E-state index contributed by atoms with van der Waals surface area (Å²) >= 11 is 0. The molecule has 7 heteroatoms. The summed E-state index contributed by atoms with van der Waals surface area (Å²) in [5, 5.41) is 7.70. The molecule has 2 aliphatic heterocycles. The third-order valence-electron chi connectivity index (χ3n) is 4.88. The highest BCUT2D eigenvalue weighted by molar-refractivity contribution is 5.81. The van der Waals surface area contributed by atoms with Gasteiger partial charge in [0.05, 0.1) is 18.9 Å². The van der Waals surface area contributed by atoms with Gasteiger partial charge in [-0.05, 0) is 26.0 Å². The summed E-state index contributed by atoms with van der Waals surface area (Å²) in [5.41, 5.74) is 3.44. The van der Waals surface area contributed by atoms with Gasteiger partial charge in [0.15, 0.2) is 11.5 Å². The lowest BCUT2D eigenvalue weighted by atomic mass is 10.1. The van der Waals surface area contributed by atoms with Gasteiger partial charge in [-0.2, -0.15) is 5.10 Å². The van der Waals surface area contributed by atoms with Gasteiger partial charge in [-0.3, -0.25) is 9.48 Å². The molecule has 0 bridgehead atoms. The number of amides is 1. The normalized spacial score (nSPS) is 18.3. The average molecular weight is 371 g/mol. The Hall–Kier alpha value is -2.54. The third-order valence-corrected chi connectivity index (χ3v) is 4.88. The first kappa shape index (κ1) is 17.9. The van der Waals surface area contributed by atoms with E-state index in [9.17, 15) is 4.79 Å². The van der Waals surface area contributed by atoms with Crippen LogP contribution in [-0.4, -0.2) is 41.6 Å². The van der Waals surface area contributed by atoms with E-state index in [0.29, 0.717) is 37.1 Å². The fraction of sp³-hybridized carbons (Fsp3) is 0.500. The number of carbonyl (C=O) groups is 1. The fourth-order valence-electron chi connectivity index (χ4n) is 3.53. The maximum Gasteiger partial charge on any atom is 0.264 e. The monoisotopic (exact) mass is 371 g/mol. The standard InChI is InChI=1S/C20H25N3O4/c1-13(2)23-16-8-10-25-11-14(16)15(22-23)7-9-21-20(24)19-12-26-17-5-3-4-6-18(17)27-19/h3-6,13,19H,7-12H2,1-2H3,(H,21,24). The van der Waals surface area contributed by atoms with E-state index < -0.39 is 6.10 Å². The maximum atomic E-state index is 12.4. The predicted octanol–water partition coefficient (Wildman–Crippen LogP) is 2.04. The number of hydrogen-bond donors (Lipinski definition) is 1. The van der Waals surface area contributed by atoms with Gasteiger partial charge in [0.2, 0.25) is 6.10 Å². The van der Waals surface area contributed by atoms with Crippen molar-refractivity contribution in [2.75, 3.05) is 19.8 Å². The number of ether oxygens (including phenoxy) is 3. The zero-order chi connectivity index (χ0) is 18.8. The van der Waals surface area contributed by atoms with Crippen LogP contribution in [0.5, 0.6) is 11.5 Å². The van der Waals surface area contributed by atoms with Gasteiger partial charge < -0.3 is 19.5 Å². The second-order valence-corrected chi connectivity index (χ2v) is 7.12. The van der Waals surface area contributed by atoms with Gasteiger partial charge in [0.1, 0.15) is 6.61 Å². The maximum absolute atomic E-state index is 12.4. The number of nitrogens with one attached hydrogen (secondary N) is 1. The summed E-state index contributed by atoms with van der Waals surface area (Å²) in [6.45, 7) is 6.32. The van der Waals surface area contributed by atoms with Crippen LogP contribution in [0.4, 0.5) is 0 Å². The Morgan fingerprint density at radius 1 is 1.33 bits per heavy atom. The molecule has 1 aromatic carbocycles. The number of para-hydroxylation sites is 2. The molecule has 7 nitrogen and oxygen atoms in total. The van der Waals surface area contributed by atoms with E-state index in [1.165, 1.54) is 11.3 Å². The van der Waals surface area contributed by atoms with Crippen LogP contribution in [0.1, 0.15) is 36.8 Å². The summed E-state index contributed by atoms with van der Waals surface area (Å²) in [6, 6.07) is 7.69. The van der Waals surface area contributed by atoms with Crippen LogP contribution in [0, 0.1) is 0 Å². The Balaban J connectivity index is 1.36. The molecule has 1 unspecified atom stereocenters. The molecule has 2 aliphatic rings. The molecule has 1 amide bonds. The summed E-state index contributed by atoms with van der Waals surface area (Å²) in [7, 11) is 0. The molecule has 144 valence electrons. The van der Waals surface area contributed by atoms with Crippen molar-refractivity contribution in [2.45, 2.75) is 45.4 Å². The Bertz CT molecular complexity index is 831. The van der Waals surface area contributed by atoms with Crippen molar-refractivity contribution in [3.05, 3.63) is 41.2 Å². The van der Waals surface area contributed by atoms with Gasteiger partial charge in [-0.15, -0.1) is 0 Å². The molecule has 1 atom stereocenters. The highest BCUT2D eigenvalue weighted by Crippen LogP contribution is 2.30. The number of carbonyl (C=O) groups excluding carboxylic acids is 1. The van der Waals surface area contributed by atoms with Gasteiger partial charge in [0, 0.05) is 36.7 Å². The van der Waals surface area contributed by atoms with Crippen molar-refractivity contribution >= 4 is 5.91 Å². The summed E-state index contributed by atoms with van der Waals surface area (Å²) in [5.74, 6) is 1.11. The van der Waals surface area contributed by atoms with Crippen molar-refractivity contribution < 1.29 is 19.0 Å². The number of nitrogens with zero attached hydrogens (tertiary/aromatic N) is 2. The molecule has 4 rings (SSSR count). The van der Waals surface area contributed by atoms with Crippen molar-refractivity contribution in [3.8, 4) is 11.5 Å². The minimum atomic E-state index is -0.634. The quantitative estimate of drug-likeness (QED) is 0.871. The first-order valence-corrected chi connectivity index (χ1v) is 9.46. The topological polar surface area (TPSA) is 74.6 Å². The molecule has 0 fully saturated rings. The van der Waals surface area contributed by atoms with E-state index >= 15 is 0 Å². The van der Waals surface area contributed by atoms with Gasteiger partial charge in [0.25, 0.3) is 5.91 Å². The smallest absolute Gasteiger partial charge is 0.264 e. The lowest BCUT2D eigenvalue weighted by Crippen LogP contribution is -2.44. The molecule has 0 spiro atoms. The van der Waals surface area contributed by atoms with Gasteiger partial charge >= 0.3 is 0 Å². The second kappa shape index (κ2) is 7.60. The summed E-state index contributed by atoms with van der Waals surface area (Å²) in [4.78, 5) is 12.4. The Morgan fingerprint density at radius 3 is 2.96 bits per heavy atom. The zero-order valence-corrected chi connectivity index (χ0v) is 15.7. The van der Waals surface area contributed by atoms with Gasteiger partial charge in [-0.1, -0.05) is 12.1 Å². The predicted molar refractivity (Wildman–Crippen MR) is 99.0 cm³/mol. The molecule has 0 saturated heterocycles. The lowest BCUT2D eigenvalue weighted by molar-refractivity contribution is -0.130. The first-order valence-electron chi connectivity index (χ1n) is 9.46. The van der Waals surface area contributed by atoms with Crippen molar-refractivity contribution in [1.82, 2.24) is 15.1 Å². The largest absolute Gasteiger partial charge is 0.485 e. The highest BCUT2D eigenvalue weighted by Gasteiger charge is 2.27. The van der Waals surface area contributed by atoms with Crippen LogP contribution in [0.2, 0.25) is 0 Å². The summed E-state index contributed by atoms with van der Waals surface area (Å²) in [6.07, 6.45) is 0.922. The first-order chi connectivity index (χ1) is 13.1. The SMILES string of the molecule is CC(C)n1nc(CCNC(=O)C2COc3ccccc3O2)c2c1CCOC2. The Labute approximate surface area is 158 Å².